The predicted molar refractivity (Wildman–Crippen MR) is 93.5 cm³/mol. The van der Waals surface area contributed by atoms with Gasteiger partial charge < -0.3 is 9.84 Å². The number of benzene rings is 1. The van der Waals surface area contributed by atoms with Gasteiger partial charge in [0, 0.05) is 10.5 Å². The molecule has 1 saturated carbocycles. The van der Waals surface area contributed by atoms with Gasteiger partial charge in [0.15, 0.2) is 5.76 Å². The highest BCUT2D eigenvalue weighted by Crippen LogP contribution is 2.49. The Balaban J connectivity index is 1.58. The minimum absolute atomic E-state index is 0.163. The maximum absolute atomic E-state index is 13.9. The van der Waals surface area contributed by atoms with Gasteiger partial charge in [0.25, 0.3) is 0 Å². The van der Waals surface area contributed by atoms with Gasteiger partial charge in [-0.1, -0.05) is 27.2 Å². The van der Waals surface area contributed by atoms with Crippen LogP contribution in [0.1, 0.15) is 18.5 Å². The second kappa shape index (κ2) is 5.82. The fourth-order valence-electron chi connectivity index (χ4n) is 2.59. The molecule has 0 spiro atoms. The average Bonchev–Trinajstić information content (AvgIpc) is 3.00. The summed E-state index contributed by atoms with van der Waals surface area (Å²) in [6.07, 6.45) is 1.35. The van der Waals surface area contributed by atoms with Crippen LogP contribution >= 0.6 is 27.3 Å². The molecule has 0 unspecified atom stereocenters. The van der Waals surface area contributed by atoms with Crippen LogP contribution in [0.2, 0.25) is 0 Å². The van der Waals surface area contributed by atoms with Crippen molar-refractivity contribution in [3.05, 3.63) is 57.8 Å². The maximum atomic E-state index is 13.9. The molecule has 1 amide bonds. The van der Waals surface area contributed by atoms with Crippen molar-refractivity contribution >= 4 is 38.9 Å². The van der Waals surface area contributed by atoms with Crippen LogP contribution in [0.3, 0.4) is 0 Å². The third kappa shape index (κ3) is 2.67. The number of anilines is 1. The lowest BCUT2D eigenvalue weighted by Crippen LogP contribution is -2.28. The topological polar surface area (TPSA) is 55.1 Å². The Morgan fingerprint density at radius 3 is 2.83 bits per heavy atom. The van der Waals surface area contributed by atoms with Crippen molar-refractivity contribution in [3.8, 4) is 10.6 Å². The Morgan fingerprint density at radius 1 is 1.33 bits per heavy atom. The molecule has 0 atom stereocenters. The van der Waals surface area contributed by atoms with Gasteiger partial charge in [-0.05, 0) is 42.5 Å². The minimum atomic E-state index is -0.724. The first-order chi connectivity index (χ1) is 11.6. The summed E-state index contributed by atoms with van der Waals surface area (Å²) >= 11 is 4.74. The summed E-state index contributed by atoms with van der Waals surface area (Å²) in [6, 6.07) is 10.2. The van der Waals surface area contributed by atoms with Crippen molar-refractivity contribution in [3.63, 3.8) is 0 Å². The quantitative estimate of drug-likeness (QED) is 0.664. The van der Waals surface area contributed by atoms with E-state index in [1.165, 1.54) is 12.1 Å². The number of aromatic nitrogens is 1. The SMILES string of the molecule is O=C(Nc1ccc(Br)cc1F)C1(c2cc(-c3cccs3)on2)CC1. The van der Waals surface area contributed by atoms with Crippen molar-refractivity contribution in [2.75, 3.05) is 5.32 Å². The monoisotopic (exact) mass is 406 g/mol. The normalized spacial score (nSPS) is 15.2. The Morgan fingerprint density at radius 2 is 2.17 bits per heavy atom. The number of halogens is 2. The highest BCUT2D eigenvalue weighted by Gasteiger charge is 2.54. The Labute approximate surface area is 149 Å². The standard InChI is InChI=1S/C17H12BrFN2O2S/c18-10-3-4-12(11(19)8-10)20-16(22)17(5-6-17)15-9-13(23-21-15)14-2-1-7-24-14/h1-4,7-9H,5-6H2,(H,20,22). The molecule has 4 nitrogen and oxygen atoms in total. The number of carbonyl (C=O) groups excluding carboxylic acids is 1. The Hall–Kier alpha value is -1.99. The van der Waals surface area contributed by atoms with Crippen LogP contribution in [0.4, 0.5) is 10.1 Å². The van der Waals surface area contributed by atoms with E-state index in [-0.39, 0.29) is 11.6 Å². The van der Waals surface area contributed by atoms with Crippen LogP contribution in [-0.4, -0.2) is 11.1 Å². The molecule has 2 heterocycles. The van der Waals surface area contributed by atoms with Crippen molar-refractivity contribution in [1.29, 1.82) is 0 Å². The Kier molecular flexibility index (Phi) is 3.77. The summed E-state index contributed by atoms with van der Waals surface area (Å²) in [5, 5.41) is 8.70. The van der Waals surface area contributed by atoms with Crippen molar-refractivity contribution in [2.24, 2.45) is 0 Å². The van der Waals surface area contributed by atoms with Gasteiger partial charge in [-0.2, -0.15) is 0 Å². The molecule has 1 fully saturated rings. The molecule has 24 heavy (non-hydrogen) atoms. The van der Waals surface area contributed by atoms with Crippen LogP contribution in [0, 0.1) is 5.82 Å². The molecular weight excluding hydrogens is 395 g/mol. The van der Waals surface area contributed by atoms with Gasteiger partial charge in [-0.25, -0.2) is 4.39 Å². The number of thiophene rings is 1. The van der Waals surface area contributed by atoms with Crippen molar-refractivity contribution in [1.82, 2.24) is 5.16 Å². The predicted octanol–water partition coefficient (Wildman–Crippen LogP) is 4.98. The third-order valence-electron chi connectivity index (χ3n) is 4.13. The van der Waals surface area contributed by atoms with Crippen LogP contribution in [-0.2, 0) is 10.2 Å². The molecule has 4 rings (SSSR count). The van der Waals surface area contributed by atoms with Crippen LogP contribution in [0.5, 0.6) is 0 Å². The number of hydrogen-bond acceptors (Lipinski definition) is 4. The first-order valence-corrected chi connectivity index (χ1v) is 9.03. The van der Waals surface area contributed by atoms with Gasteiger partial charge in [-0.3, -0.25) is 4.79 Å². The molecular formula is C17H12BrFN2O2S. The second-order valence-electron chi connectivity index (χ2n) is 5.71. The van der Waals surface area contributed by atoms with Gasteiger partial charge in [-0.15, -0.1) is 11.3 Å². The highest BCUT2D eigenvalue weighted by atomic mass is 79.9. The van der Waals surface area contributed by atoms with E-state index < -0.39 is 11.2 Å². The molecule has 1 aliphatic rings. The average molecular weight is 407 g/mol. The summed E-state index contributed by atoms with van der Waals surface area (Å²) in [5.74, 6) is -0.0865. The van der Waals surface area contributed by atoms with Gasteiger partial charge in [0.05, 0.1) is 21.7 Å². The smallest absolute Gasteiger partial charge is 0.236 e. The lowest BCUT2D eigenvalue weighted by atomic mass is 10.0. The molecule has 1 aliphatic carbocycles. The van der Waals surface area contributed by atoms with E-state index in [0.29, 0.717) is 28.8 Å². The largest absolute Gasteiger partial charge is 0.355 e. The van der Waals surface area contributed by atoms with E-state index in [1.54, 1.807) is 23.5 Å². The van der Waals surface area contributed by atoms with E-state index in [9.17, 15) is 9.18 Å². The molecule has 0 radical (unpaired) electrons. The first-order valence-electron chi connectivity index (χ1n) is 7.36. The number of nitrogens with zero attached hydrogens (tertiary/aromatic N) is 1. The summed E-state index contributed by atoms with van der Waals surface area (Å²) in [7, 11) is 0. The lowest BCUT2D eigenvalue weighted by Gasteiger charge is -2.13. The second-order valence-corrected chi connectivity index (χ2v) is 7.58. The lowest BCUT2D eigenvalue weighted by molar-refractivity contribution is -0.118. The van der Waals surface area contributed by atoms with E-state index in [1.807, 2.05) is 17.5 Å². The van der Waals surface area contributed by atoms with Gasteiger partial charge in [0.1, 0.15) is 5.82 Å². The van der Waals surface area contributed by atoms with E-state index in [0.717, 1.165) is 4.88 Å². The molecule has 122 valence electrons. The zero-order valence-corrected chi connectivity index (χ0v) is 14.8. The summed E-state index contributed by atoms with van der Waals surface area (Å²) in [6.45, 7) is 0. The van der Waals surface area contributed by atoms with Crippen LogP contribution < -0.4 is 5.32 Å². The number of carbonyl (C=O) groups is 1. The van der Waals surface area contributed by atoms with Gasteiger partial charge >= 0.3 is 0 Å². The van der Waals surface area contributed by atoms with Crippen molar-refractivity contribution in [2.45, 2.75) is 18.3 Å². The summed E-state index contributed by atoms with van der Waals surface area (Å²) < 4.78 is 19.9. The molecule has 1 aromatic carbocycles. The summed E-state index contributed by atoms with van der Waals surface area (Å²) in [4.78, 5) is 13.6. The molecule has 0 aliphatic heterocycles. The highest BCUT2D eigenvalue weighted by molar-refractivity contribution is 9.10. The van der Waals surface area contributed by atoms with E-state index >= 15 is 0 Å². The van der Waals surface area contributed by atoms with Crippen molar-refractivity contribution < 1.29 is 13.7 Å². The molecule has 3 aromatic rings. The molecule has 0 saturated heterocycles. The zero-order valence-electron chi connectivity index (χ0n) is 12.4. The minimum Gasteiger partial charge on any atom is -0.355 e. The number of amides is 1. The van der Waals surface area contributed by atoms with Gasteiger partial charge in [0.2, 0.25) is 5.91 Å². The molecule has 7 heteroatoms. The van der Waals surface area contributed by atoms with Crippen LogP contribution in [0.25, 0.3) is 10.6 Å². The zero-order chi connectivity index (χ0) is 16.7. The van der Waals surface area contributed by atoms with E-state index in [4.69, 9.17) is 4.52 Å². The molecule has 0 bridgehead atoms. The fraction of sp³-hybridized carbons (Fsp3) is 0.176. The maximum Gasteiger partial charge on any atom is 0.236 e. The third-order valence-corrected chi connectivity index (χ3v) is 5.51. The first kappa shape index (κ1) is 15.5. The number of nitrogens with one attached hydrogen (secondary N) is 1. The number of rotatable bonds is 4. The summed E-state index contributed by atoms with van der Waals surface area (Å²) in [5.41, 5.74) is 0.0378. The fourth-order valence-corrected chi connectivity index (χ4v) is 3.60. The van der Waals surface area contributed by atoms with E-state index in [2.05, 4.69) is 26.4 Å². The number of hydrogen-bond donors (Lipinski definition) is 1. The molecule has 1 N–H and O–H groups in total. The molecule has 2 aromatic heterocycles. The Bertz CT molecular complexity index is 903. The van der Waals surface area contributed by atoms with Crippen LogP contribution in [0.15, 0.2) is 50.8 Å².